The highest BCUT2D eigenvalue weighted by Crippen LogP contribution is 2.43. The van der Waals surface area contributed by atoms with Gasteiger partial charge in [0.25, 0.3) is 0 Å². The Morgan fingerprint density at radius 3 is 2.42 bits per heavy atom. The molecule has 5 heteroatoms. The predicted octanol–water partition coefficient (Wildman–Crippen LogP) is 2.37. The summed E-state index contributed by atoms with van der Waals surface area (Å²) in [5.41, 5.74) is -0.348. The van der Waals surface area contributed by atoms with Crippen LogP contribution in [0.3, 0.4) is 0 Å². The molecule has 0 radical (unpaired) electrons. The summed E-state index contributed by atoms with van der Waals surface area (Å²) in [6.07, 6.45) is 3.66. The van der Waals surface area contributed by atoms with E-state index in [0.717, 1.165) is 31.4 Å². The molecular weight excluding hydrogens is 262 g/mol. The molecule has 2 fully saturated rings. The average Bonchev–Trinajstić information content (AvgIpc) is 2.74. The smallest absolute Gasteiger partial charge is 0.326 e. The first-order chi connectivity index (χ1) is 8.78. The Kier molecular flexibility index (Phi) is 3.87. The summed E-state index contributed by atoms with van der Waals surface area (Å²) < 4.78 is -0.416. The Hall–Kier alpha value is -0.710. The van der Waals surface area contributed by atoms with Crippen LogP contribution in [0.2, 0.25) is 0 Å². The van der Waals surface area contributed by atoms with Crippen molar-refractivity contribution in [2.75, 3.05) is 12.3 Å². The second-order valence-corrected chi connectivity index (χ2v) is 8.11. The van der Waals surface area contributed by atoms with E-state index in [-0.39, 0.29) is 11.3 Å². The monoisotopic (exact) mass is 285 g/mol. The van der Waals surface area contributed by atoms with E-state index < -0.39 is 16.8 Å². The SMILES string of the molecule is CC1(C(=O)N2CCCC(C)(C)C2C(=O)O)CCCS1. The van der Waals surface area contributed by atoms with Gasteiger partial charge in [-0.25, -0.2) is 4.79 Å². The van der Waals surface area contributed by atoms with Gasteiger partial charge in [0.1, 0.15) is 6.04 Å². The van der Waals surface area contributed by atoms with Gasteiger partial charge >= 0.3 is 5.97 Å². The van der Waals surface area contributed by atoms with Gasteiger partial charge in [0, 0.05) is 6.54 Å². The lowest BCUT2D eigenvalue weighted by atomic mass is 9.76. The largest absolute Gasteiger partial charge is 0.480 e. The molecule has 0 aliphatic carbocycles. The van der Waals surface area contributed by atoms with Crippen LogP contribution in [-0.2, 0) is 9.59 Å². The maximum Gasteiger partial charge on any atom is 0.326 e. The number of aliphatic carboxylic acids is 1. The van der Waals surface area contributed by atoms with Crippen LogP contribution in [0, 0.1) is 5.41 Å². The Morgan fingerprint density at radius 1 is 1.21 bits per heavy atom. The molecule has 0 saturated carbocycles. The number of likely N-dealkylation sites (tertiary alicyclic amines) is 1. The van der Waals surface area contributed by atoms with E-state index in [4.69, 9.17) is 0 Å². The third-order valence-corrected chi connectivity index (χ3v) is 5.95. The molecule has 2 aliphatic heterocycles. The first-order valence-electron chi connectivity index (χ1n) is 6.96. The van der Waals surface area contributed by atoms with Gasteiger partial charge in [-0.2, -0.15) is 0 Å². The summed E-state index contributed by atoms with van der Waals surface area (Å²) >= 11 is 1.68. The molecule has 2 atom stereocenters. The van der Waals surface area contributed by atoms with E-state index >= 15 is 0 Å². The number of rotatable bonds is 2. The second-order valence-electron chi connectivity index (χ2n) is 6.51. The predicted molar refractivity (Wildman–Crippen MR) is 76.2 cm³/mol. The summed E-state index contributed by atoms with van der Waals surface area (Å²) in [5, 5.41) is 9.52. The Bertz CT molecular complexity index is 388. The van der Waals surface area contributed by atoms with E-state index in [9.17, 15) is 14.7 Å². The van der Waals surface area contributed by atoms with Crippen molar-refractivity contribution in [1.82, 2.24) is 4.90 Å². The lowest BCUT2D eigenvalue weighted by molar-refractivity contribution is -0.159. The number of carboxylic acids is 1. The maximum atomic E-state index is 12.8. The van der Waals surface area contributed by atoms with E-state index in [1.54, 1.807) is 16.7 Å². The molecule has 0 aromatic carbocycles. The Balaban J connectivity index is 2.26. The van der Waals surface area contributed by atoms with E-state index in [2.05, 4.69) is 0 Å². The van der Waals surface area contributed by atoms with Crippen molar-refractivity contribution < 1.29 is 14.7 Å². The molecule has 19 heavy (non-hydrogen) atoms. The zero-order valence-corrected chi connectivity index (χ0v) is 12.8. The maximum absolute atomic E-state index is 12.8. The van der Waals surface area contributed by atoms with Crippen LogP contribution >= 0.6 is 11.8 Å². The van der Waals surface area contributed by atoms with E-state index in [0.29, 0.717) is 6.54 Å². The summed E-state index contributed by atoms with van der Waals surface area (Å²) in [4.78, 5) is 26.0. The van der Waals surface area contributed by atoms with Crippen molar-refractivity contribution in [3.05, 3.63) is 0 Å². The van der Waals surface area contributed by atoms with E-state index in [1.165, 1.54) is 0 Å². The summed E-state index contributed by atoms with van der Waals surface area (Å²) in [5.74, 6) is 0.150. The molecule has 1 amide bonds. The third-order valence-electron chi connectivity index (χ3n) is 4.44. The lowest BCUT2D eigenvalue weighted by Gasteiger charge is -2.46. The molecule has 1 N–H and O–H groups in total. The summed E-state index contributed by atoms with van der Waals surface area (Å²) in [6.45, 7) is 6.45. The van der Waals surface area contributed by atoms with Crippen LogP contribution in [0.4, 0.5) is 0 Å². The molecule has 2 saturated heterocycles. The van der Waals surface area contributed by atoms with Crippen LogP contribution in [0.5, 0.6) is 0 Å². The van der Waals surface area contributed by atoms with Crippen LogP contribution in [0.15, 0.2) is 0 Å². The van der Waals surface area contributed by atoms with Crippen LogP contribution in [-0.4, -0.2) is 45.0 Å². The molecular formula is C14H23NO3S. The quantitative estimate of drug-likeness (QED) is 0.846. The van der Waals surface area contributed by atoms with Crippen LogP contribution in [0.1, 0.15) is 46.5 Å². The average molecular weight is 285 g/mol. The molecule has 108 valence electrons. The van der Waals surface area contributed by atoms with Crippen molar-refractivity contribution >= 4 is 23.6 Å². The van der Waals surface area contributed by atoms with Gasteiger partial charge in [-0.15, -0.1) is 11.8 Å². The van der Waals surface area contributed by atoms with Crippen molar-refractivity contribution in [3.8, 4) is 0 Å². The highest BCUT2D eigenvalue weighted by molar-refractivity contribution is 8.01. The number of thioether (sulfide) groups is 1. The highest BCUT2D eigenvalue weighted by atomic mass is 32.2. The summed E-state index contributed by atoms with van der Waals surface area (Å²) in [7, 11) is 0. The minimum absolute atomic E-state index is 0.0233. The van der Waals surface area contributed by atoms with Gasteiger partial charge in [0.15, 0.2) is 0 Å². The normalized spacial score (nSPS) is 34.3. The summed E-state index contributed by atoms with van der Waals surface area (Å²) in [6, 6.07) is -0.688. The van der Waals surface area contributed by atoms with Crippen molar-refractivity contribution in [2.45, 2.75) is 57.2 Å². The molecule has 2 aliphatic rings. The number of carbonyl (C=O) groups excluding carboxylic acids is 1. The molecule has 2 unspecified atom stereocenters. The fraction of sp³-hybridized carbons (Fsp3) is 0.857. The Labute approximate surface area is 118 Å². The minimum atomic E-state index is -0.871. The van der Waals surface area contributed by atoms with Crippen molar-refractivity contribution in [3.63, 3.8) is 0 Å². The standard InChI is InChI=1S/C14H23NO3S/c1-13(2)6-4-8-15(10(13)11(16)17)12(18)14(3)7-5-9-19-14/h10H,4-9H2,1-3H3,(H,16,17). The third kappa shape index (κ3) is 2.62. The number of piperidine rings is 1. The van der Waals surface area contributed by atoms with Gasteiger partial charge in [-0.3, -0.25) is 4.79 Å². The van der Waals surface area contributed by atoms with Crippen LogP contribution in [0.25, 0.3) is 0 Å². The second kappa shape index (κ2) is 5.00. The number of amides is 1. The van der Waals surface area contributed by atoms with Gasteiger partial charge in [-0.05, 0) is 43.8 Å². The topological polar surface area (TPSA) is 57.6 Å². The lowest BCUT2D eigenvalue weighted by Crippen LogP contribution is -2.59. The molecule has 0 spiro atoms. The number of hydrogen-bond donors (Lipinski definition) is 1. The number of hydrogen-bond acceptors (Lipinski definition) is 3. The van der Waals surface area contributed by atoms with E-state index in [1.807, 2.05) is 20.8 Å². The van der Waals surface area contributed by atoms with Crippen LogP contribution < -0.4 is 0 Å². The Morgan fingerprint density at radius 2 is 1.89 bits per heavy atom. The number of nitrogens with zero attached hydrogens (tertiary/aromatic N) is 1. The number of carbonyl (C=O) groups is 2. The number of carboxylic acid groups (broad SMARTS) is 1. The molecule has 2 heterocycles. The van der Waals surface area contributed by atoms with Gasteiger partial charge in [0.05, 0.1) is 4.75 Å². The van der Waals surface area contributed by atoms with Crippen molar-refractivity contribution in [2.24, 2.45) is 5.41 Å². The fourth-order valence-electron chi connectivity index (χ4n) is 3.33. The first-order valence-corrected chi connectivity index (χ1v) is 7.94. The zero-order chi connectivity index (χ0) is 14.3. The van der Waals surface area contributed by atoms with Gasteiger partial charge in [0.2, 0.25) is 5.91 Å². The molecule has 0 aromatic heterocycles. The highest BCUT2D eigenvalue weighted by Gasteiger charge is 2.49. The van der Waals surface area contributed by atoms with Gasteiger partial charge in [-0.1, -0.05) is 13.8 Å². The molecule has 4 nitrogen and oxygen atoms in total. The zero-order valence-electron chi connectivity index (χ0n) is 11.9. The fourth-order valence-corrected chi connectivity index (χ4v) is 4.60. The molecule has 2 rings (SSSR count). The minimum Gasteiger partial charge on any atom is -0.480 e. The molecule has 0 bridgehead atoms. The molecule has 0 aromatic rings. The van der Waals surface area contributed by atoms with Gasteiger partial charge < -0.3 is 10.0 Å². The first kappa shape index (κ1) is 14.7. The van der Waals surface area contributed by atoms with Crippen molar-refractivity contribution in [1.29, 1.82) is 0 Å².